The monoisotopic (exact) mass is 287 g/mol. The van der Waals surface area contributed by atoms with Crippen LogP contribution in [0, 0.1) is 17.0 Å². The topological polar surface area (TPSA) is 76.6 Å². The molecule has 110 valence electrons. The van der Waals surface area contributed by atoms with Gasteiger partial charge in [0, 0.05) is 23.8 Å². The van der Waals surface area contributed by atoms with Gasteiger partial charge in [-0.25, -0.2) is 4.98 Å². The highest BCUT2D eigenvalue weighted by atomic mass is 16.6. The number of nitrogens with zero attached hydrogens (tertiary/aromatic N) is 5. The van der Waals surface area contributed by atoms with Crippen molar-refractivity contribution in [2.45, 2.75) is 45.1 Å². The second kappa shape index (κ2) is 4.41. The SMILES string of the molecule is Cc1nc2c([N+](=O)[O-])cnn2c2c1CCN2C1CCCC1. The molecule has 0 atom stereocenters. The second-order valence-corrected chi connectivity index (χ2v) is 5.90. The highest BCUT2D eigenvalue weighted by Crippen LogP contribution is 2.37. The maximum atomic E-state index is 11.1. The van der Waals surface area contributed by atoms with Gasteiger partial charge in [0.2, 0.25) is 5.65 Å². The molecule has 7 nitrogen and oxygen atoms in total. The Bertz CT molecular complexity index is 733. The minimum Gasteiger partial charge on any atom is -0.353 e. The minimum atomic E-state index is -0.407. The number of hydrogen-bond acceptors (Lipinski definition) is 5. The Hall–Kier alpha value is -2.18. The van der Waals surface area contributed by atoms with E-state index in [9.17, 15) is 10.1 Å². The van der Waals surface area contributed by atoms with Crippen LogP contribution in [-0.2, 0) is 6.42 Å². The lowest BCUT2D eigenvalue weighted by Crippen LogP contribution is -2.32. The van der Waals surface area contributed by atoms with Gasteiger partial charge in [0.1, 0.15) is 12.0 Å². The molecule has 0 bridgehead atoms. The summed E-state index contributed by atoms with van der Waals surface area (Å²) >= 11 is 0. The van der Waals surface area contributed by atoms with Gasteiger partial charge in [-0.05, 0) is 26.2 Å². The largest absolute Gasteiger partial charge is 0.353 e. The standard InChI is InChI=1S/C14H17N5O2/c1-9-11-6-7-17(10-4-2-3-5-10)14(11)18-13(16-9)12(8-15-18)19(20)21/h8,10H,2-7H2,1H3. The molecule has 2 aromatic heterocycles. The summed E-state index contributed by atoms with van der Waals surface area (Å²) in [6.45, 7) is 2.91. The molecule has 2 aliphatic rings. The van der Waals surface area contributed by atoms with Gasteiger partial charge in [-0.2, -0.15) is 9.61 Å². The van der Waals surface area contributed by atoms with Gasteiger partial charge in [-0.15, -0.1) is 0 Å². The molecule has 1 saturated carbocycles. The van der Waals surface area contributed by atoms with Gasteiger partial charge in [0.15, 0.2) is 0 Å². The molecule has 3 heterocycles. The van der Waals surface area contributed by atoms with Gasteiger partial charge in [-0.3, -0.25) is 10.1 Å². The molecule has 4 rings (SSSR count). The lowest BCUT2D eigenvalue weighted by Gasteiger charge is -2.26. The van der Waals surface area contributed by atoms with Crippen LogP contribution in [0.5, 0.6) is 0 Å². The van der Waals surface area contributed by atoms with Crippen molar-refractivity contribution >= 4 is 17.2 Å². The first-order valence-electron chi connectivity index (χ1n) is 7.45. The van der Waals surface area contributed by atoms with E-state index in [1.54, 1.807) is 4.52 Å². The Morgan fingerprint density at radius 3 is 2.86 bits per heavy atom. The third-order valence-electron chi connectivity index (χ3n) is 4.74. The summed E-state index contributed by atoms with van der Waals surface area (Å²) in [5.41, 5.74) is 2.43. The molecule has 2 aromatic rings. The van der Waals surface area contributed by atoms with Gasteiger partial charge >= 0.3 is 5.69 Å². The Kier molecular flexibility index (Phi) is 2.63. The zero-order chi connectivity index (χ0) is 14.6. The van der Waals surface area contributed by atoms with Crippen molar-refractivity contribution in [3.63, 3.8) is 0 Å². The number of aromatic nitrogens is 3. The number of hydrogen-bond donors (Lipinski definition) is 0. The van der Waals surface area contributed by atoms with E-state index in [1.165, 1.54) is 37.4 Å². The highest BCUT2D eigenvalue weighted by Gasteiger charge is 2.33. The van der Waals surface area contributed by atoms with E-state index in [4.69, 9.17) is 0 Å². The number of aryl methyl sites for hydroxylation is 1. The fourth-order valence-corrected chi connectivity index (χ4v) is 3.74. The summed E-state index contributed by atoms with van der Waals surface area (Å²) in [7, 11) is 0. The van der Waals surface area contributed by atoms with E-state index in [2.05, 4.69) is 15.0 Å². The Labute approximate surface area is 121 Å². The Morgan fingerprint density at radius 1 is 1.38 bits per heavy atom. The van der Waals surface area contributed by atoms with E-state index in [1.807, 2.05) is 6.92 Å². The van der Waals surface area contributed by atoms with Crippen LogP contribution in [0.2, 0.25) is 0 Å². The first-order valence-corrected chi connectivity index (χ1v) is 7.45. The first kappa shape index (κ1) is 12.6. The van der Waals surface area contributed by atoms with Crippen molar-refractivity contribution in [3.05, 3.63) is 27.6 Å². The number of nitro groups is 1. The third kappa shape index (κ3) is 1.73. The molecular formula is C14H17N5O2. The molecule has 0 radical (unpaired) electrons. The van der Waals surface area contributed by atoms with Crippen molar-refractivity contribution in [2.24, 2.45) is 0 Å². The van der Waals surface area contributed by atoms with Crippen molar-refractivity contribution < 1.29 is 4.92 Å². The number of fused-ring (bicyclic) bond motifs is 3. The van der Waals surface area contributed by atoms with Gasteiger partial charge in [-0.1, -0.05) is 12.8 Å². The Balaban J connectivity index is 1.93. The van der Waals surface area contributed by atoms with Crippen LogP contribution in [0.25, 0.3) is 5.65 Å². The molecule has 0 amide bonds. The number of anilines is 1. The van der Waals surface area contributed by atoms with Crippen LogP contribution in [0.3, 0.4) is 0 Å². The van der Waals surface area contributed by atoms with E-state index in [0.717, 1.165) is 24.5 Å². The summed E-state index contributed by atoms with van der Waals surface area (Å²) in [5.74, 6) is 1.03. The van der Waals surface area contributed by atoms with E-state index in [0.29, 0.717) is 11.7 Å². The molecule has 1 aliphatic heterocycles. The molecule has 0 saturated heterocycles. The minimum absolute atomic E-state index is 0.0147. The highest BCUT2D eigenvalue weighted by molar-refractivity contribution is 5.67. The molecule has 1 aliphatic carbocycles. The lowest BCUT2D eigenvalue weighted by atomic mass is 10.2. The lowest BCUT2D eigenvalue weighted by molar-refractivity contribution is -0.383. The van der Waals surface area contributed by atoms with E-state index >= 15 is 0 Å². The van der Waals surface area contributed by atoms with E-state index in [-0.39, 0.29) is 5.69 Å². The van der Waals surface area contributed by atoms with Crippen LogP contribution in [0.1, 0.15) is 36.9 Å². The summed E-state index contributed by atoms with van der Waals surface area (Å²) < 4.78 is 1.67. The van der Waals surface area contributed by atoms with Crippen LogP contribution < -0.4 is 4.90 Å². The number of rotatable bonds is 2. The summed E-state index contributed by atoms with van der Waals surface area (Å²) in [4.78, 5) is 17.5. The normalized spacial score (nSPS) is 18.6. The molecule has 0 unspecified atom stereocenters. The van der Waals surface area contributed by atoms with Crippen LogP contribution >= 0.6 is 0 Å². The van der Waals surface area contributed by atoms with Crippen molar-refractivity contribution in [1.82, 2.24) is 14.6 Å². The zero-order valence-corrected chi connectivity index (χ0v) is 11.9. The second-order valence-electron chi connectivity index (χ2n) is 5.90. The molecule has 0 spiro atoms. The average Bonchev–Trinajstić information content (AvgIpc) is 3.16. The predicted octanol–water partition coefficient (Wildman–Crippen LogP) is 2.25. The van der Waals surface area contributed by atoms with Crippen molar-refractivity contribution in [2.75, 3.05) is 11.4 Å². The van der Waals surface area contributed by atoms with Crippen molar-refractivity contribution in [3.8, 4) is 0 Å². The smallest absolute Gasteiger partial charge is 0.333 e. The maximum Gasteiger partial charge on any atom is 0.333 e. The molecule has 7 heteroatoms. The van der Waals surface area contributed by atoms with Gasteiger partial charge in [0.25, 0.3) is 0 Å². The third-order valence-corrected chi connectivity index (χ3v) is 4.74. The van der Waals surface area contributed by atoms with Crippen LogP contribution in [-0.4, -0.2) is 32.1 Å². The van der Waals surface area contributed by atoms with Crippen LogP contribution in [0.15, 0.2) is 6.20 Å². The fourth-order valence-electron chi connectivity index (χ4n) is 3.74. The molecule has 21 heavy (non-hydrogen) atoms. The van der Waals surface area contributed by atoms with E-state index < -0.39 is 4.92 Å². The predicted molar refractivity (Wildman–Crippen MR) is 77.7 cm³/mol. The quantitative estimate of drug-likeness (QED) is 0.625. The molecule has 0 N–H and O–H groups in total. The summed E-state index contributed by atoms with van der Waals surface area (Å²) in [6.07, 6.45) is 7.20. The molecular weight excluding hydrogens is 270 g/mol. The zero-order valence-electron chi connectivity index (χ0n) is 11.9. The summed E-state index contributed by atoms with van der Waals surface area (Å²) in [5, 5.41) is 15.4. The van der Waals surface area contributed by atoms with Gasteiger partial charge in [0.05, 0.1) is 4.92 Å². The maximum absolute atomic E-state index is 11.1. The molecule has 1 fully saturated rings. The average molecular weight is 287 g/mol. The van der Waals surface area contributed by atoms with Crippen molar-refractivity contribution in [1.29, 1.82) is 0 Å². The Morgan fingerprint density at radius 2 is 2.14 bits per heavy atom. The molecule has 0 aromatic carbocycles. The summed E-state index contributed by atoms with van der Waals surface area (Å²) in [6, 6.07) is 0.541. The first-order chi connectivity index (χ1) is 10.2. The van der Waals surface area contributed by atoms with Gasteiger partial charge < -0.3 is 4.90 Å². The van der Waals surface area contributed by atoms with Crippen LogP contribution in [0.4, 0.5) is 11.5 Å². The fraction of sp³-hybridized carbons (Fsp3) is 0.571.